The van der Waals surface area contributed by atoms with Crippen LogP contribution in [0.2, 0.25) is 0 Å². The summed E-state index contributed by atoms with van der Waals surface area (Å²) < 4.78 is 13.3. The number of rotatable bonds is 1. The zero-order valence-corrected chi connectivity index (χ0v) is 9.96. The highest BCUT2D eigenvalue weighted by molar-refractivity contribution is 5.68. The molecule has 1 heterocycles. The van der Waals surface area contributed by atoms with Crippen molar-refractivity contribution in [2.45, 2.75) is 26.7 Å². The van der Waals surface area contributed by atoms with Gasteiger partial charge in [0.15, 0.2) is 0 Å². The maximum Gasteiger partial charge on any atom is 0.128 e. The lowest BCUT2D eigenvalue weighted by Crippen LogP contribution is -2.33. The van der Waals surface area contributed by atoms with Crippen LogP contribution in [0.25, 0.3) is 0 Å². The molecule has 0 radical (unpaired) electrons. The van der Waals surface area contributed by atoms with Crippen molar-refractivity contribution in [1.29, 1.82) is 0 Å². The molecule has 16 heavy (non-hydrogen) atoms. The van der Waals surface area contributed by atoms with Gasteiger partial charge >= 0.3 is 0 Å². The van der Waals surface area contributed by atoms with Gasteiger partial charge in [0.25, 0.3) is 0 Å². The van der Waals surface area contributed by atoms with E-state index in [4.69, 9.17) is 5.73 Å². The van der Waals surface area contributed by atoms with E-state index in [1.807, 2.05) is 6.07 Å². The molecule has 88 valence electrons. The molecule has 3 heteroatoms. The smallest absolute Gasteiger partial charge is 0.128 e. The molecule has 0 unspecified atom stereocenters. The minimum Gasteiger partial charge on any atom is -0.397 e. The van der Waals surface area contributed by atoms with E-state index in [2.05, 4.69) is 11.8 Å². The van der Waals surface area contributed by atoms with Gasteiger partial charge in [-0.25, -0.2) is 4.39 Å². The molecule has 1 aliphatic heterocycles. The van der Waals surface area contributed by atoms with Gasteiger partial charge in [0.1, 0.15) is 5.82 Å². The molecule has 1 saturated heterocycles. The molecule has 1 aromatic carbocycles. The second-order valence-corrected chi connectivity index (χ2v) is 4.83. The lowest BCUT2D eigenvalue weighted by molar-refractivity contribution is 0.438. The number of hydrogen-bond donors (Lipinski definition) is 1. The summed E-state index contributed by atoms with van der Waals surface area (Å²) >= 11 is 0. The molecule has 2 nitrogen and oxygen atoms in total. The van der Waals surface area contributed by atoms with Gasteiger partial charge in [-0.3, -0.25) is 0 Å². The highest BCUT2D eigenvalue weighted by Crippen LogP contribution is 2.29. The third kappa shape index (κ3) is 2.13. The number of anilines is 2. The first-order valence-corrected chi connectivity index (χ1v) is 5.88. The molecule has 1 aromatic rings. The van der Waals surface area contributed by atoms with Crippen LogP contribution in [-0.4, -0.2) is 13.1 Å². The summed E-state index contributed by atoms with van der Waals surface area (Å²) in [5.41, 5.74) is 8.09. The Morgan fingerprint density at radius 3 is 2.56 bits per heavy atom. The second kappa shape index (κ2) is 4.32. The molecule has 1 fully saturated rings. The first-order chi connectivity index (χ1) is 7.58. The minimum atomic E-state index is -0.216. The molecule has 0 amide bonds. The quantitative estimate of drug-likeness (QED) is 0.740. The highest BCUT2D eigenvalue weighted by atomic mass is 19.1. The minimum absolute atomic E-state index is 0.216. The zero-order valence-electron chi connectivity index (χ0n) is 9.96. The topological polar surface area (TPSA) is 29.3 Å². The van der Waals surface area contributed by atoms with Crippen molar-refractivity contribution >= 4 is 11.4 Å². The first kappa shape index (κ1) is 11.2. The number of hydrogen-bond acceptors (Lipinski definition) is 2. The molecular formula is C13H19FN2. The van der Waals surface area contributed by atoms with Gasteiger partial charge in [-0.15, -0.1) is 0 Å². The van der Waals surface area contributed by atoms with Crippen LogP contribution in [-0.2, 0) is 0 Å². The Morgan fingerprint density at radius 2 is 1.94 bits per heavy atom. The SMILES string of the molecule is Cc1cc(N2CCC(C)CC2)c(N)cc1F. The Balaban J connectivity index is 2.23. The summed E-state index contributed by atoms with van der Waals surface area (Å²) in [5.74, 6) is 0.575. The number of piperidine rings is 1. The van der Waals surface area contributed by atoms with Crippen LogP contribution < -0.4 is 10.6 Å². The zero-order chi connectivity index (χ0) is 11.7. The van der Waals surface area contributed by atoms with Crippen LogP contribution in [0, 0.1) is 18.7 Å². The number of benzene rings is 1. The fourth-order valence-corrected chi connectivity index (χ4v) is 2.21. The van der Waals surface area contributed by atoms with Crippen LogP contribution in [0.4, 0.5) is 15.8 Å². The average molecular weight is 222 g/mol. The summed E-state index contributed by atoms with van der Waals surface area (Å²) in [5, 5.41) is 0. The van der Waals surface area contributed by atoms with Gasteiger partial charge < -0.3 is 10.6 Å². The normalized spacial score (nSPS) is 17.8. The lowest BCUT2D eigenvalue weighted by Gasteiger charge is -2.33. The second-order valence-electron chi connectivity index (χ2n) is 4.83. The predicted molar refractivity (Wildman–Crippen MR) is 66.2 cm³/mol. The van der Waals surface area contributed by atoms with Crippen molar-refractivity contribution < 1.29 is 4.39 Å². The maximum atomic E-state index is 13.3. The van der Waals surface area contributed by atoms with Crippen molar-refractivity contribution in [3.8, 4) is 0 Å². The molecule has 0 aromatic heterocycles. The monoisotopic (exact) mass is 222 g/mol. The van der Waals surface area contributed by atoms with E-state index in [0.717, 1.165) is 24.7 Å². The molecule has 1 aliphatic rings. The van der Waals surface area contributed by atoms with Crippen LogP contribution >= 0.6 is 0 Å². The Hall–Kier alpha value is -1.25. The molecule has 0 saturated carbocycles. The molecule has 0 atom stereocenters. The van der Waals surface area contributed by atoms with Crippen molar-refractivity contribution in [2.75, 3.05) is 23.7 Å². The highest BCUT2D eigenvalue weighted by Gasteiger charge is 2.18. The molecule has 0 bridgehead atoms. The summed E-state index contributed by atoms with van der Waals surface area (Å²) in [6.07, 6.45) is 2.38. The number of nitrogens with two attached hydrogens (primary N) is 1. The van der Waals surface area contributed by atoms with Gasteiger partial charge in [-0.05, 0) is 43.4 Å². The Bertz CT molecular complexity index is 382. The fourth-order valence-electron chi connectivity index (χ4n) is 2.21. The van der Waals surface area contributed by atoms with Crippen LogP contribution in [0.5, 0.6) is 0 Å². The Labute approximate surface area is 96.2 Å². The standard InChI is InChI=1S/C13H19FN2/c1-9-3-5-16(6-4-9)13-7-10(2)11(14)8-12(13)15/h7-9H,3-6,15H2,1-2H3. The molecular weight excluding hydrogens is 203 g/mol. The third-order valence-corrected chi connectivity index (χ3v) is 3.43. The van der Waals surface area contributed by atoms with Crippen molar-refractivity contribution in [3.05, 3.63) is 23.5 Å². The molecule has 2 rings (SSSR count). The fraction of sp³-hybridized carbons (Fsp3) is 0.538. The van der Waals surface area contributed by atoms with Gasteiger partial charge in [0.05, 0.1) is 11.4 Å². The van der Waals surface area contributed by atoms with E-state index in [0.29, 0.717) is 11.3 Å². The number of nitrogen functional groups attached to an aromatic ring is 1. The number of aryl methyl sites for hydroxylation is 1. The largest absolute Gasteiger partial charge is 0.397 e. The van der Waals surface area contributed by atoms with Crippen molar-refractivity contribution in [2.24, 2.45) is 5.92 Å². The molecule has 0 spiro atoms. The van der Waals surface area contributed by atoms with Crippen LogP contribution in [0.3, 0.4) is 0 Å². The van der Waals surface area contributed by atoms with Gasteiger partial charge in [0.2, 0.25) is 0 Å². The summed E-state index contributed by atoms with van der Waals surface area (Å²) in [7, 11) is 0. The summed E-state index contributed by atoms with van der Waals surface area (Å²) in [4.78, 5) is 2.27. The lowest BCUT2D eigenvalue weighted by atomic mass is 9.98. The van der Waals surface area contributed by atoms with E-state index in [1.165, 1.54) is 18.9 Å². The van der Waals surface area contributed by atoms with Crippen molar-refractivity contribution in [1.82, 2.24) is 0 Å². The van der Waals surface area contributed by atoms with E-state index in [9.17, 15) is 4.39 Å². The third-order valence-electron chi connectivity index (χ3n) is 3.43. The number of nitrogens with zero attached hydrogens (tertiary/aromatic N) is 1. The van der Waals surface area contributed by atoms with Crippen LogP contribution in [0.15, 0.2) is 12.1 Å². The van der Waals surface area contributed by atoms with E-state index < -0.39 is 0 Å². The van der Waals surface area contributed by atoms with Crippen LogP contribution in [0.1, 0.15) is 25.3 Å². The average Bonchev–Trinajstić information content (AvgIpc) is 2.25. The predicted octanol–water partition coefficient (Wildman–Crippen LogP) is 2.95. The summed E-state index contributed by atoms with van der Waals surface area (Å²) in [6, 6.07) is 3.29. The van der Waals surface area contributed by atoms with Crippen molar-refractivity contribution in [3.63, 3.8) is 0 Å². The van der Waals surface area contributed by atoms with Gasteiger partial charge in [-0.1, -0.05) is 6.92 Å². The summed E-state index contributed by atoms with van der Waals surface area (Å²) in [6.45, 7) is 6.11. The van der Waals surface area contributed by atoms with E-state index in [-0.39, 0.29) is 5.82 Å². The molecule has 0 aliphatic carbocycles. The van der Waals surface area contributed by atoms with Gasteiger partial charge in [0, 0.05) is 13.1 Å². The Morgan fingerprint density at radius 1 is 1.31 bits per heavy atom. The van der Waals surface area contributed by atoms with E-state index in [1.54, 1.807) is 6.92 Å². The van der Waals surface area contributed by atoms with E-state index >= 15 is 0 Å². The first-order valence-electron chi connectivity index (χ1n) is 5.88. The Kier molecular flexibility index (Phi) is 3.03. The molecule has 2 N–H and O–H groups in total. The van der Waals surface area contributed by atoms with Gasteiger partial charge in [-0.2, -0.15) is 0 Å². The number of halogens is 1. The maximum absolute atomic E-state index is 13.3.